The van der Waals surface area contributed by atoms with Gasteiger partial charge < -0.3 is 14.2 Å². The number of carbonyl (C=O) groups is 2. The van der Waals surface area contributed by atoms with Crippen LogP contribution in [0, 0.1) is 0 Å². The van der Waals surface area contributed by atoms with E-state index in [0.717, 1.165) is 4.90 Å². The molecular weight excluding hydrogens is 322 g/mol. The smallest absolute Gasteiger partial charge is 0.421 e. The Morgan fingerprint density at radius 2 is 1.96 bits per heavy atom. The van der Waals surface area contributed by atoms with Crippen molar-refractivity contribution in [3.63, 3.8) is 0 Å². The van der Waals surface area contributed by atoms with Crippen molar-refractivity contribution >= 4 is 29.3 Å². The van der Waals surface area contributed by atoms with Crippen LogP contribution in [-0.4, -0.2) is 31.8 Å². The third kappa shape index (κ3) is 5.11. The minimum atomic E-state index is -0.754. The van der Waals surface area contributed by atoms with E-state index in [2.05, 4.69) is 0 Å². The van der Waals surface area contributed by atoms with Gasteiger partial charge in [-0.1, -0.05) is 11.6 Å². The van der Waals surface area contributed by atoms with Gasteiger partial charge in [0.15, 0.2) is 0 Å². The third-order valence-corrected chi connectivity index (χ3v) is 3.07. The first-order chi connectivity index (χ1) is 10.8. The number of halogens is 1. The predicted octanol–water partition coefficient (Wildman–Crippen LogP) is 3.78. The Kier molecular flexibility index (Phi) is 7.32. The predicted molar refractivity (Wildman–Crippen MR) is 88.1 cm³/mol. The highest BCUT2D eigenvalue weighted by Crippen LogP contribution is 2.35. The molecule has 128 valence electrons. The fourth-order valence-electron chi connectivity index (χ4n) is 2.00. The minimum Gasteiger partial charge on any atom is -0.492 e. The average molecular weight is 344 g/mol. The molecule has 0 spiro atoms. The standard InChI is InChI=1S/C16H22ClNO5/c1-6-22-15-12(9-21-5)7-13(8-14(15)17)18(11(4)19)16(20)23-10(2)3/h7-8,10H,6,9H2,1-5H3. The Labute approximate surface area is 141 Å². The summed E-state index contributed by atoms with van der Waals surface area (Å²) in [4.78, 5) is 25.0. The zero-order valence-electron chi connectivity index (χ0n) is 14.0. The molecule has 0 aliphatic rings. The van der Waals surface area contributed by atoms with Crippen molar-refractivity contribution in [1.29, 1.82) is 0 Å². The number of benzene rings is 1. The van der Waals surface area contributed by atoms with Gasteiger partial charge in [-0.05, 0) is 32.9 Å². The molecule has 0 atom stereocenters. The molecule has 1 rings (SSSR count). The van der Waals surface area contributed by atoms with E-state index in [1.807, 2.05) is 6.92 Å². The number of imide groups is 1. The lowest BCUT2D eigenvalue weighted by Crippen LogP contribution is -2.37. The van der Waals surface area contributed by atoms with Gasteiger partial charge in [-0.3, -0.25) is 4.79 Å². The summed E-state index contributed by atoms with van der Waals surface area (Å²) in [5.74, 6) is -0.000242. The van der Waals surface area contributed by atoms with E-state index >= 15 is 0 Å². The number of anilines is 1. The van der Waals surface area contributed by atoms with Crippen molar-refractivity contribution in [3.8, 4) is 5.75 Å². The molecule has 0 aliphatic heterocycles. The Morgan fingerprint density at radius 3 is 2.43 bits per heavy atom. The summed E-state index contributed by atoms with van der Waals surface area (Å²) in [6.07, 6.45) is -1.10. The number of hydrogen-bond donors (Lipinski definition) is 0. The maximum absolute atomic E-state index is 12.2. The van der Waals surface area contributed by atoms with Crippen LogP contribution in [0.2, 0.25) is 5.02 Å². The Morgan fingerprint density at radius 1 is 1.30 bits per heavy atom. The molecule has 1 aromatic rings. The van der Waals surface area contributed by atoms with E-state index in [4.69, 9.17) is 25.8 Å². The molecule has 0 saturated heterocycles. The lowest BCUT2D eigenvalue weighted by Gasteiger charge is -2.22. The number of methoxy groups -OCH3 is 1. The lowest BCUT2D eigenvalue weighted by molar-refractivity contribution is -0.116. The number of nitrogens with zero attached hydrogens (tertiary/aromatic N) is 1. The largest absolute Gasteiger partial charge is 0.492 e. The molecule has 0 N–H and O–H groups in total. The minimum absolute atomic E-state index is 0.230. The van der Waals surface area contributed by atoms with Crippen LogP contribution in [0.25, 0.3) is 0 Å². The molecule has 1 aromatic carbocycles. The first-order valence-corrected chi connectivity index (χ1v) is 7.65. The maximum atomic E-state index is 12.2. The van der Waals surface area contributed by atoms with Crippen LogP contribution in [0.1, 0.15) is 33.3 Å². The molecule has 2 amide bonds. The van der Waals surface area contributed by atoms with Crippen LogP contribution in [0.5, 0.6) is 5.75 Å². The highest BCUT2D eigenvalue weighted by Gasteiger charge is 2.25. The number of ether oxygens (including phenoxy) is 3. The fourth-order valence-corrected chi connectivity index (χ4v) is 2.29. The normalized spacial score (nSPS) is 10.6. The van der Waals surface area contributed by atoms with E-state index in [-0.39, 0.29) is 12.7 Å². The summed E-state index contributed by atoms with van der Waals surface area (Å²) in [6.45, 7) is 7.19. The molecule has 0 aromatic heterocycles. The SMILES string of the molecule is CCOc1c(Cl)cc(N(C(C)=O)C(=O)OC(C)C)cc1COC. The van der Waals surface area contributed by atoms with Crippen LogP contribution in [0.3, 0.4) is 0 Å². The van der Waals surface area contributed by atoms with Gasteiger partial charge in [-0.15, -0.1) is 0 Å². The molecular formula is C16H22ClNO5. The van der Waals surface area contributed by atoms with E-state index in [1.54, 1.807) is 19.9 Å². The Hall–Kier alpha value is -1.79. The van der Waals surface area contributed by atoms with Crippen LogP contribution in [0.15, 0.2) is 12.1 Å². The molecule has 23 heavy (non-hydrogen) atoms. The van der Waals surface area contributed by atoms with E-state index in [1.165, 1.54) is 20.1 Å². The van der Waals surface area contributed by atoms with Gasteiger partial charge in [-0.2, -0.15) is 0 Å². The van der Waals surface area contributed by atoms with Gasteiger partial charge in [-0.25, -0.2) is 9.69 Å². The maximum Gasteiger partial charge on any atom is 0.421 e. The van der Waals surface area contributed by atoms with Crippen LogP contribution >= 0.6 is 11.6 Å². The Bertz CT molecular complexity index is 574. The summed E-state index contributed by atoms with van der Waals surface area (Å²) < 4.78 is 15.7. The monoisotopic (exact) mass is 343 g/mol. The zero-order chi connectivity index (χ0) is 17.6. The van der Waals surface area contributed by atoms with E-state index in [9.17, 15) is 9.59 Å². The summed E-state index contributed by atoms with van der Waals surface area (Å²) in [5.41, 5.74) is 0.948. The molecule has 0 aliphatic carbocycles. The van der Waals surface area contributed by atoms with Crippen molar-refractivity contribution in [3.05, 3.63) is 22.7 Å². The van der Waals surface area contributed by atoms with Crippen molar-refractivity contribution in [2.45, 2.75) is 40.4 Å². The van der Waals surface area contributed by atoms with Crippen molar-refractivity contribution in [1.82, 2.24) is 0 Å². The molecule has 0 bridgehead atoms. The van der Waals surface area contributed by atoms with Crippen molar-refractivity contribution in [2.24, 2.45) is 0 Å². The van der Waals surface area contributed by atoms with Gasteiger partial charge >= 0.3 is 6.09 Å². The first kappa shape index (κ1) is 19.3. The van der Waals surface area contributed by atoms with Crippen LogP contribution in [-0.2, 0) is 20.9 Å². The Balaban J connectivity index is 3.32. The molecule has 6 nitrogen and oxygen atoms in total. The van der Waals surface area contributed by atoms with Gasteiger partial charge in [0, 0.05) is 19.6 Å². The highest BCUT2D eigenvalue weighted by molar-refractivity contribution is 6.32. The zero-order valence-corrected chi connectivity index (χ0v) is 14.8. The average Bonchev–Trinajstić information content (AvgIpc) is 2.41. The lowest BCUT2D eigenvalue weighted by atomic mass is 10.1. The summed E-state index contributed by atoms with van der Waals surface area (Å²) in [5, 5.41) is 0.292. The second-order valence-electron chi connectivity index (χ2n) is 5.07. The third-order valence-electron chi connectivity index (χ3n) is 2.79. The quantitative estimate of drug-likeness (QED) is 0.786. The number of carbonyl (C=O) groups excluding carboxylic acids is 2. The molecule has 0 heterocycles. The molecule has 0 fully saturated rings. The number of amides is 2. The van der Waals surface area contributed by atoms with Gasteiger partial charge in [0.2, 0.25) is 5.91 Å². The topological polar surface area (TPSA) is 65.1 Å². The van der Waals surface area contributed by atoms with Gasteiger partial charge in [0.05, 0.1) is 30.0 Å². The molecule has 0 saturated carbocycles. The number of rotatable bonds is 6. The number of hydrogen-bond acceptors (Lipinski definition) is 5. The van der Waals surface area contributed by atoms with E-state index in [0.29, 0.717) is 28.6 Å². The summed E-state index contributed by atoms with van der Waals surface area (Å²) in [7, 11) is 1.53. The van der Waals surface area contributed by atoms with E-state index < -0.39 is 12.0 Å². The summed E-state index contributed by atoms with van der Waals surface area (Å²) >= 11 is 6.24. The van der Waals surface area contributed by atoms with Crippen LogP contribution < -0.4 is 9.64 Å². The molecule has 0 unspecified atom stereocenters. The second-order valence-corrected chi connectivity index (χ2v) is 5.48. The van der Waals surface area contributed by atoms with Gasteiger partial charge in [0.25, 0.3) is 0 Å². The molecule has 7 heteroatoms. The van der Waals surface area contributed by atoms with Crippen LogP contribution in [0.4, 0.5) is 10.5 Å². The second kappa shape index (κ2) is 8.74. The van der Waals surface area contributed by atoms with Crippen molar-refractivity contribution in [2.75, 3.05) is 18.6 Å². The first-order valence-electron chi connectivity index (χ1n) is 7.27. The summed E-state index contributed by atoms with van der Waals surface area (Å²) in [6, 6.07) is 3.12. The fraction of sp³-hybridized carbons (Fsp3) is 0.500. The van der Waals surface area contributed by atoms with Gasteiger partial charge in [0.1, 0.15) is 5.75 Å². The highest BCUT2D eigenvalue weighted by atomic mass is 35.5. The van der Waals surface area contributed by atoms with Crippen molar-refractivity contribution < 1.29 is 23.8 Å². The molecule has 0 radical (unpaired) electrons.